The minimum Gasteiger partial charge on any atom is -0.0815 e. The average molecular weight is 178 g/mol. The average Bonchev–Trinajstić information content (AvgIpc) is 2.13. The third kappa shape index (κ3) is 3.02. The third-order valence-electron chi connectivity index (χ3n) is 3.18. The van der Waals surface area contributed by atoms with Crippen molar-refractivity contribution in [2.75, 3.05) is 0 Å². The predicted molar refractivity (Wildman–Crippen MR) is 59.8 cm³/mol. The summed E-state index contributed by atoms with van der Waals surface area (Å²) >= 11 is 0. The molecule has 0 saturated heterocycles. The van der Waals surface area contributed by atoms with Crippen LogP contribution in [-0.4, -0.2) is 0 Å². The summed E-state index contributed by atoms with van der Waals surface area (Å²) in [6.07, 6.45) is 11.1. The van der Waals surface area contributed by atoms with Gasteiger partial charge in [-0.3, -0.25) is 0 Å². The van der Waals surface area contributed by atoms with Crippen LogP contribution in [0.3, 0.4) is 0 Å². The highest BCUT2D eigenvalue weighted by Gasteiger charge is 2.09. The summed E-state index contributed by atoms with van der Waals surface area (Å²) < 4.78 is 0. The first-order chi connectivity index (χ1) is 6.27. The first kappa shape index (κ1) is 10.6. The summed E-state index contributed by atoms with van der Waals surface area (Å²) in [5.41, 5.74) is 3.31. The number of allylic oxidation sites excluding steroid dienone is 4. The van der Waals surface area contributed by atoms with Crippen molar-refractivity contribution in [3.63, 3.8) is 0 Å². The van der Waals surface area contributed by atoms with Crippen molar-refractivity contribution in [2.24, 2.45) is 5.92 Å². The van der Waals surface area contributed by atoms with E-state index in [1.54, 1.807) is 11.1 Å². The normalized spacial score (nSPS) is 32.4. The van der Waals surface area contributed by atoms with Gasteiger partial charge < -0.3 is 0 Å². The van der Waals surface area contributed by atoms with Gasteiger partial charge in [0.2, 0.25) is 0 Å². The molecule has 0 nitrogen and oxygen atoms in total. The van der Waals surface area contributed by atoms with Gasteiger partial charge in [0.1, 0.15) is 0 Å². The Kier molecular flexibility index (Phi) is 4.27. The third-order valence-corrected chi connectivity index (χ3v) is 3.18. The van der Waals surface area contributed by atoms with E-state index in [1.807, 2.05) is 0 Å². The van der Waals surface area contributed by atoms with Gasteiger partial charge in [-0.1, -0.05) is 44.1 Å². The molecular weight excluding hydrogens is 156 g/mol. The fraction of sp³-hybridized carbons (Fsp3) is 0.692. The molecule has 13 heavy (non-hydrogen) atoms. The van der Waals surface area contributed by atoms with Crippen LogP contribution in [0.2, 0.25) is 0 Å². The zero-order chi connectivity index (χ0) is 9.68. The highest BCUT2D eigenvalue weighted by Crippen LogP contribution is 2.26. The Morgan fingerprint density at radius 2 is 2.00 bits per heavy atom. The lowest BCUT2D eigenvalue weighted by Gasteiger charge is -2.18. The fourth-order valence-corrected chi connectivity index (χ4v) is 2.08. The molecule has 0 heterocycles. The van der Waals surface area contributed by atoms with Gasteiger partial charge in [-0.15, -0.1) is 0 Å². The molecule has 0 bridgehead atoms. The molecule has 0 amide bonds. The molecule has 1 atom stereocenters. The summed E-state index contributed by atoms with van der Waals surface area (Å²) in [4.78, 5) is 0. The molecule has 0 radical (unpaired) electrons. The van der Waals surface area contributed by atoms with E-state index in [2.05, 4.69) is 32.9 Å². The smallest absolute Gasteiger partial charge is 0.0164 e. The van der Waals surface area contributed by atoms with Crippen LogP contribution in [0.5, 0.6) is 0 Å². The van der Waals surface area contributed by atoms with Crippen molar-refractivity contribution in [1.82, 2.24) is 0 Å². The standard InChI is InChI=1S/C13H22/c1-4-12-7-6-8-13(5-2)11(3)9-10-12/h7-8,11H,4-6,9-10H2,1-3H3/b12-7+,13-8-/t11-/m0/s1. The Morgan fingerprint density at radius 3 is 2.62 bits per heavy atom. The molecule has 0 heteroatoms. The van der Waals surface area contributed by atoms with E-state index in [0.717, 1.165) is 12.3 Å². The second kappa shape index (κ2) is 5.26. The Bertz CT molecular complexity index is 208. The predicted octanol–water partition coefficient (Wildman–Crippen LogP) is 4.48. The molecule has 0 N–H and O–H groups in total. The van der Waals surface area contributed by atoms with E-state index < -0.39 is 0 Å². The molecule has 1 aliphatic carbocycles. The topological polar surface area (TPSA) is 0 Å². The maximum Gasteiger partial charge on any atom is -0.0164 e. The molecule has 1 aliphatic rings. The molecule has 0 fully saturated rings. The zero-order valence-electron chi connectivity index (χ0n) is 9.27. The largest absolute Gasteiger partial charge is 0.0815 e. The van der Waals surface area contributed by atoms with Crippen molar-refractivity contribution in [3.05, 3.63) is 23.3 Å². The van der Waals surface area contributed by atoms with Crippen LogP contribution in [0.15, 0.2) is 23.3 Å². The van der Waals surface area contributed by atoms with Gasteiger partial charge in [-0.05, 0) is 38.0 Å². The Balaban J connectivity index is 2.66. The quantitative estimate of drug-likeness (QED) is 0.547. The Morgan fingerprint density at radius 1 is 1.23 bits per heavy atom. The van der Waals surface area contributed by atoms with Gasteiger partial charge >= 0.3 is 0 Å². The highest BCUT2D eigenvalue weighted by molar-refractivity contribution is 5.14. The van der Waals surface area contributed by atoms with Gasteiger partial charge in [-0.2, -0.15) is 0 Å². The summed E-state index contributed by atoms with van der Waals surface area (Å²) in [6.45, 7) is 6.91. The highest BCUT2D eigenvalue weighted by atomic mass is 14.1. The van der Waals surface area contributed by atoms with Crippen LogP contribution in [0.4, 0.5) is 0 Å². The maximum absolute atomic E-state index is 2.43. The molecule has 0 aromatic rings. The molecule has 0 aliphatic heterocycles. The van der Waals surface area contributed by atoms with Crippen molar-refractivity contribution in [1.29, 1.82) is 0 Å². The van der Waals surface area contributed by atoms with Crippen LogP contribution >= 0.6 is 0 Å². The van der Waals surface area contributed by atoms with Gasteiger partial charge in [0.15, 0.2) is 0 Å². The first-order valence-corrected chi connectivity index (χ1v) is 5.64. The molecule has 74 valence electrons. The van der Waals surface area contributed by atoms with Gasteiger partial charge in [0, 0.05) is 0 Å². The summed E-state index contributed by atoms with van der Waals surface area (Å²) in [6, 6.07) is 0. The molecule has 0 unspecified atom stereocenters. The number of hydrogen-bond donors (Lipinski definition) is 0. The van der Waals surface area contributed by atoms with Crippen LogP contribution in [0.25, 0.3) is 0 Å². The van der Waals surface area contributed by atoms with Crippen molar-refractivity contribution in [3.8, 4) is 0 Å². The number of hydrogen-bond acceptors (Lipinski definition) is 0. The minimum atomic E-state index is 0.806. The van der Waals surface area contributed by atoms with Gasteiger partial charge in [0.05, 0.1) is 0 Å². The van der Waals surface area contributed by atoms with Gasteiger partial charge in [0.25, 0.3) is 0 Å². The van der Waals surface area contributed by atoms with E-state index >= 15 is 0 Å². The Labute approximate surface area is 82.7 Å². The van der Waals surface area contributed by atoms with Crippen molar-refractivity contribution in [2.45, 2.75) is 52.9 Å². The van der Waals surface area contributed by atoms with Crippen LogP contribution in [-0.2, 0) is 0 Å². The van der Waals surface area contributed by atoms with E-state index in [4.69, 9.17) is 0 Å². The molecule has 0 aromatic heterocycles. The van der Waals surface area contributed by atoms with Crippen LogP contribution in [0, 0.1) is 5.92 Å². The van der Waals surface area contributed by atoms with E-state index in [-0.39, 0.29) is 0 Å². The molecule has 0 aromatic carbocycles. The fourth-order valence-electron chi connectivity index (χ4n) is 2.08. The Hall–Kier alpha value is -0.520. The van der Waals surface area contributed by atoms with Crippen molar-refractivity contribution >= 4 is 0 Å². The van der Waals surface area contributed by atoms with Gasteiger partial charge in [-0.25, -0.2) is 0 Å². The SMILES string of the molecule is CC/C1=C/C/C=C(\CC)CC[C@@H]1C. The monoisotopic (exact) mass is 178 g/mol. The lowest BCUT2D eigenvalue weighted by Crippen LogP contribution is -2.01. The second-order valence-corrected chi connectivity index (χ2v) is 4.02. The van der Waals surface area contributed by atoms with E-state index in [1.165, 1.54) is 25.7 Å². The maximum atomic E-state index is 2.43. The summed E-state index contributed by atoms with van der Waals surface area (Å²) in [5, 5.41) is 0. The molecule has 0 spiro atoms. The molecular formula is C13H22. The van der Waals surface area contributed by atoms with E-state index in [9.17, 15) is 0 Å². The van der Waals surface area contributed by atoms with Crippen LogP contribution in [0.1, 0.15) is 52.9 Å². The van der Waals surface area contributed by atoms with Crippen molar-refractivity contribution < 1.29 is 0 Å². The number of rotatable bonds is 2. The zero-order valence-corrected chi connectivity index (χ0v) is 9.27. The lowest BCUT2D eigenvalue weighted by molar-refractivity contribution is 0.581. The minimum absolute atomic E-state index is 0.806. The summed E-state index contributed by atoms with van der Waals surface area (Å²) in [5.74, 6) is 0.806. The molecule has 1 rings (SSSR count). The lowest BCUT2D eigenvalue weighted by atomic mass is 9.88. The first-order valence-electron chi connectivity index (χ1n) is 5.64. The van der Waals surface area contributed by atoms with E-state index in [0.29, 0.717) is 0 Å². The van der Waals surface area contributed by atoms with Crippen LogP contribution < -0.4 is 0 Å². The summed E-state index contributed by atoms with van der Waals surface area (Å²) in [7, 11) is 0. The molecule has 0 saturated carbocycles. The second-order valence-electron chi connectivity index (χ2n) is 4.02.